The van der Waals surface area contributed by atoms with E-state index in [1.54, 1.807) is 13.2 Å². The van der Waals surface area contributed by atoms with Crippen molar-refractivity contribution in [3.8, 4) is 17.0 Å². The Morgan fingerprint density at radius 1 is 0.897 bits per heavy atom. The van der Waals surface area contributed by atoms with Crippen LogP contribution in [0.4, 0.5) is 5.69 Å². The van der Waals surface area contributed by atoms with Gasteiger partial charge in [-0.15, -0.1) is 0 Å². The average molecular weight is 382 g/mol. The fourth-order valence-electron chi connectivity index (χ4n) is 3.31. The van der Waals surface area contributed by atoms with Gasteiger partial charge >= 0.3 is 0 Å². The number of aryl methyl sites for hydroxylation is 2. The molecule has 0 aliphatic carbocycles. The second kappa shape index (κ2) is 7.76. The number of pyridine rings is 1. The molecule has 0 unspecified atom stereocenters. The molecule has 1 N–H and O–H groups in total. The third-order valence-corrected chi connectivity index (χ3v) is 5.09. The minimum absolute atomic E-state index is 0.179. The summed E-state index contributed by atoms with van der Waals surface area (Å²) in [5.41, 5.74) is 6.26. The van der Waals surface area contributed by atoms with Crippen molar-refractivity contribution < 1.29 is 9.53 Å². The SMILES string of the molecule is COc1cccc(NC(=O)c2cc(-c3ccc(C)c(C)c3)nc3ccccc23)c1. The van der Waals surface area contributed by atoms with E-state index in [9.17, 15) is 4.79 Å². The first-order valence-electron chi connectivity index (χ1n) is 9.48. The molecule has 0 saturated heterocycles. The maximum Gasteiger partial charge on any atom is 0.256 e. The zero-order chi connectivity index (χ0) is 20.4. The summed E-state index contributed by atoms with van der Waals surface area (Å²) in [5.74, 6) is 0.514. The number of methoxy groups -OCH3 is 1. The molecular weight excluding hydrogens is 360 g/mol. The highest BCUT2D eigenvalue weighted by molar-refractivity contribution is 6.13. The highest BCUT2D eigenvalue weighted by atomic mass is 16.5. The lowest BCUT2D eigenvalue weighted by Gasteiger charge is -2.12. The Morgan fingerprint density at radius 3 is 2.52 bits per heavy atom. The van der Waals surface area contributed by atoms with E-state index >= 15 is 0 Å². The number of anilines is 1. The molecule has 0 fully saturated rings. The van der Waals surface area contributed by atoms with Crippen LogP contribution in [0.2, 0.25) is 0 Å². The number of benzene rings is 3. The number of nitrogens with zero attached hydrogens (tertiary/aromatic N) is 1. The molecule has 4 rings (SSSR count). The van der Waals surface area contributed by atoms with Gasteiger partial charge in [-0.2, -0.15) is 0 Å². The summed E-state index contributed by atoms with van der Waals surface area (Å²) in [6.45, 7) is 4.16. The Hall–Kier alpha value is -3.66. The molecule has 4 aromatic rings. The largest absolute Gasteiger partial charge is 0.497 e. The first-order chi connectivity index (χ1) is 14.0. The highest BCUT2D eigenvalue weighted by Gasteiger charge is 2.15. The molecule has 4 heteroatoms. The topological polar surface area (TPSA) is 51.2 Å². The van der Waals surface area contributed by atoms with Crippen molar-refractivity contribution in [3.05, 3.63) is 89.5 Å². The maximum absolute atomic E-state index is 13.2. The number of para-hydroxylation sites is 1. The van der Waals surface area contributed by atoms with E-state index in [0.717, 1.165) is 22.2 Å². The lowest BCUT2D eigenvalue weighted by atomic mass is 10.0. The number of nitrogens with one attached hydrogen (secondary N) is 1. The molecule has 144 valence electrons. The molecule has 1 amide bonds. The van der Waals surface area contributed by atoms with Crippen molar-refractivity contribution in [2.75, 3.05) is 12.4 Å². The number of fused-ring (bicyclic) bond motifs is 1. The van der Waals surface area contributed by atoms with Gasteiger partial charge in [0.1, 0.15) is 5.75 Å². The van der Waals surface area contributed by atoms with Gasteiger partial charge in [-0.25, -0.2) is 4.98 Å². The van der Waals surface area contributed by atoms with E-state index in [4.69, 9.17) is 9.72 Å². The lowest BCUT2D eigenvalue weighted by Crippen LogP contribution is -2.13. The van der Waals surface area contributed by atoms with Crippen molar-refractivity contribution in [1.82, 2.24) is 4.98 Å². The summed E-state index contributed by atoms with van der Waals surface area (Å²) in [6, 6.07) is 23.1. The lowest BCUT2D eigenvalue weighted by molar-refractivity contribution is 0.102. The monoisotopic (exact) mass is 382 g/mol. The van der Waals surface area contributed by atoms with Crippen LogP contribution in [0.15, 0.2) is 72.8 Å². The number of hydrogen-bond acceptors (Lipinski definition) is 3. The van der Waals surface area contributed by atoms with E-state index in [1.165, 1.54) is 11.1 Å². The molecule has 1 heterocycles. The molecule has 0 atom stereocenters. The Kier molecular flexibility index (Phi) is 5.00. The predicted octanol–water partition coefficient (Wildman–Crippen LogP) is 5.78. The van der Waals surface area contributed by atoms with Gasteiger partial charge in [-0.3, -0.25) is 4.79 Å². The van der Waals surface area contributed by atoms with Gasteiger partial charge in [-0.1, -0.05) is 36.4 Å². The van der Waals surface area contributed by atoms with Crippen molar-refractivity contribution in [3.63, 3.8) is 0 Å². The predicted molar refractivity (Wildman–Crippen MR) is 118 cm³/mol. The van der Waals surface area contributed by atoms with Crippen LogP contribution >= 0.6 is 0 Å². The Morgan fingerprint density at radius 2 is 1.72 bits per heavy atom. The number of rotatable bonds is 4. The van der Waals surface area contributed by atoms with Gasteiger partial charge in [0, 0.05) is 22.7 Å². The third kappa shape index (κ3) is 3.83. The van der Waals surface area contributed by atoms with Crippen molar-refractivity contribution >= 4 is 22.5 Å². The normalized spacial score (nSPS) is 10.7. The summed E-state index contributed by atoms with van der Waals surface area (Å²) < 4.78 is 5.25. The smallest absolute Gasteiger partial charge is 0.256 e. The maximum atomic E-state index is 13.2. The van der Waals surface area contributed by atoms with Crippen molar-refractivity contribution in [2.45, 2.75) is 13.8 Å². The summed E-state index contributed by atoms with van der Waals surface area (Å²) in [6.07, 6.45) is 0. The number of ether oxygens (including phenoxy) is 1. The van der Waals surface area contributed by atoms with E-state index in [-0.39, 0.29) is 5.91 Å². The van der Waals surface area contributed by atoms with Gasteiger partial charge in [-0.05, 0) is 55.3 Å². The number of hydrogen-bond donors (Lipinski definition) is 1. The molecule has 4 nitrogen and oxygen atoms in total. The van der Waals surface area contributed by atoms with Gasteiger partial charge in [0.15, 0.2) is 0 Å². The van der Waals surface area contributed by atoms with Crippen LogP contribution in [0.25, 0.3) is 22.2 Å². The number of amides is 1. The van der Waals surface area contributed by atoms with Gasteiger partial charge in [0.25, 0.3) is 5.91 Å². The van der Waals surface area contributed by atoms with E-state index in [0.29, 0.717) is 17.0 Å². The molecule has 1 aromatic heterocycles. The Balaban J connectivity index is 1.79. The minimum atomic E-state index is -0.179. The molecule has 0 aliphatic heterocycles. The number of aromatic nitrogens is 1. The fraction of sp³-hybridized carbons (Fsp3) is 0.120. The molecule has 0 saturated carbocycles. The zero-order valence-electron chi connectivity index (χ0n) is 16.7. The standard InChI is InChI=1S/C25H22N2O2/c1-16-11-12-18(13-17(16)2)24-15-22(21-9-4-5-10-23(21)27-24)25(28)26-19-7-6-8-20(14-19)29-3/h4-15H,1-3H3,(H,26,28). The Labute approximate surface area is 170 Å². The average Bonchev–Trinajstić information content (AvgIpc) is 2.75. The molecule has 0 radical (unpaired) electrons. The summed E-state index contributed by atoms with van der Waals surface area (Å²) >= 11 is 0. The van der Waals surface area contributed by atoms with E-state index in [2.05, 4.69) is 31.3 Å². The number of carbonyl (C=O) groups excluding carboxylic acids is 1. The van der Waals surface area contributed by atoms with E-state index < -0.39 is 0 Å². The van der Waals surface area contributed by atoms with Crippen LogP contribution in [0.5, 0.6) is 5.75 Å². The minimum Gasteiger partial charge on any atom is -0.497 e. The highest BCUT2D eigenvalue weighted by Crippen LogP contribution is 2.27. The summed E-state index contributed by atoms with van der Waals surface area (Å²) in [4.78, 5) is 17.9. The van der Waals surface area contributed by atoms with Gasteiger partial charge in [0.2, 0.25) is 0 Å². The number of carbonyl (C=O) groups is 1. The molecule has 29 heavy (non-hydrogen) atoms. The third-order valence-electron chi connectivity index (χ3n) is 5.09. The molecule has 3 aromatic carbocycles. The van der Waals surface area contributed by atoms with E-state index in [1.807, 2.05) is 54.6 Å². The van der Waals surface area contributed by atoms with Crippen LogP contribution in [0, 0.1) is 13.8 Å². The van der Waals surface area contributed by atoms with Crippen LogP contribution in [0.1, 0.15) is 21.5 Å². The summed E-state index contributed by atoms with van der Waals surface area (Å²) in [7, 11) is 1.60. The van der Waals surface area contributed by atoms with Crippen LogP contribution in [-0.4, -0.2) is 18.0 Å². The molecule has 0 spiro atoms. The Bertz CT molecular complexity index is 1210. The van der Waals surface area contributed by atoms with Crippen LogP contribution < -0.4 is 10.1 Å². The summed E-state index contributed by atoms with van der Waals surface area (Å²) in [5, 5.41) is 3.80. The molecule has 0 bridgehead atoms. The molecule has 0 aliphatic rings. The van der Waals surface area contributed by atoms with Gasteiger partial charge in [0.05, 0.1) is 23.9 Å². The van der Waals surface area contributed by atoms with Crippen LogP contribution in [0.3, 0.4) is 0 Å². The zero-order valence-corrected chi connectivity index (χ0v) is 16.7. The van der Waals surface area contributed by atoms with Crippen molar-refractivity contribution in [1.29, 1.82) is 0 Å². The quantitative estimate of drug-likeness (QED) is 0.487. The first-order valence-corrected chi connectivity index (χ1v) is 9.48. The molecular formula is C25H22N2O2. The van der Waals surface area contributed by atoms with Gasteiger partial charge < -0.3 is 10.1 Å². The fourth-order valence-corrected chi connectivity index (χ4v) is 3.31. The first kappa shape index (κ1) is 18.7. The van der Waals surface area contributed by atoms with Crippen LogP contribution in [-0.2, 0) is 0 Å². The second-order valence-corrected chi connectivity index (χ2v) is 7.06. The second-order valence-electron chi connectivity index (χ2n) is 7.06. The van der Waals surface area contributed by atoms with Crippen molar-refractivity contribution in [2.24, 2.45) is 0 Å².